The third-order valence-electron chi connectivity index (χ3n) is 1.64. The van der Waals surface area contributed by atoms with Gasteiger partial charge in [-0.1, -0.05) is 26.2 Å². The summed E-state index contributed by atoms with van der Waals surface area (Å²) in [5, 5.41) is 0. The van der Waals surface area contributed by atoms with Gasteiger partial charge in [-0.15, -0.1) is 0 Å². The molecule has 0 radical (unpaired) electrons. The van der Waals surface area contributed by atoms with Gasteiger partial charge in [0.05, 0.1) is 0 Å². The molecule has 1 rings (SSSR count). The van der Waals surface area contributed by atoms with E-state index in [1.54, 1.807) is 6.26 Å². The van der Waals surface area contributed by atoms with Gasteiger partial charge in [0, 0.05) is 6.42 Å². The zero-order chi connectivity index (χ0) is 7.94. The Hall–Kier alpha value is -0.310. The minimum atomic E-state index is 0.978. The monoisotopic (exact) mass is 174 g/mol. The highest BCUT2D eigenvalue weighted by molar-refractivity contribution is 7.90. The van der Waals surface area contributed by atoms with Gasteiger partial charge in [0.25, 0.3) is 12.3 Å². The van der Waals surface area contributed by atoms with Gasteiger partial charge in [-0.25, -0.2) is 0 Å². The van der Waals surface area contributed by atoms with Crippen molar-refractivity contribution >= 4 is 12.3 Å². The third kappa shape index (κ3) is 3.56. The molecule has 0 aliphatic carbocycles. The van der Waals surface area contributed by atoms with E-state index in [9.17, 15) is 0 Å². The van der Waals surface area contributed by atoms with Gasteiger partial charge >= 0.3 is 0 Å². The number of allylic oxidation sites excluding steroid dienone is 1. The first kappa shape index (κ1) is 8.78. The molecule has 0 amide bonds. The van der Waals surface area contributed by atoms with Crippen molar-refractivity contribution in [2.24, 2.45) is 0 Å². The number of rotatable bonds is 5. The first-order valence-corrected chi connectivity index (χ1v) is 4.79. The normalized spacial score (nSPS) is 15.5. The summed E-state index contributed by atoms with van der Waals surface area (Å²) >= 11 is 1.05. The van der Waals surface area contributed by atoms with Crippen molar-refractivity contribution in [1.82, 2.24) is 0 Å². The summed E-state index contributed by atoms with van der Waals surface area (Å²) in [6, 6.07) is 0. The van der Waals surface area contributed by atoms with Crippen LogP contribution in [0.25, 0.3) is 0 Å². The summed E-state index contributed by atoms with van der Waals surface area (Å²) in [7, 11) is 0. The molecule has 0 aromatic rings. The summed E-state index contributed by atoms with van der Waals surface area (Å²) in [6.45, 7) is 2.21. The van der Waals surface area contributed by atoms with Crippen LogP contribution in [-0.4, -0.2) is 0 Å². The fraction of sp³-hybridized carbons (Fsp3) is 0.750. The minimum absolute atomic E-state index is 0.978. The van der Waals surface area contributed by atoms with Crippen LogP contribution in [0, 0.1) is 0 Å². The van der Waals surface area contributed by atoms with E-state index in [-0.39, 0.29) is 0 Å². The molecule has 0 atom stereocenters. The van der Waals surface area contributed by atoms with Crippen LogP contribution >= 0.6 is 12.3 Å². The Morgan fingerprint density at radius 3 is 2.91 bits per heavy atom. The molecule has 2 nitrogen and oxygen atoms in total. The van der Waals surface area contributed by atoms with Gasteiger partial charge < -0.3 is 8.37 Å². The first-order valence-electron chi connectivity index (χ1n) is 4.12. The van der Waals surface area contributed by atoms with E-state index in [4.69, 9.17) is 8.37 Å². The summed E-state index contributed by atoms with van der Waals surface area (Å²) < 4.78 is 9.94. The van der Waals surface area contributed by atoms with Gasteiger partial charge in [-0.05, 0) is 6.42 Å². The number of unbranched alkanes of at least 4 members (excludes halogenated alkanes) is 3. The Morgan fingerprint density at radius 2 is 2.27 bits per heavy atom. The molecular weight excluding hydrogens is 160 g/mol. The van der Waals surface area contributed by atoms with Crippen molar-refractivity contribution in [3.05, 3.63) is 12.0 Å². The average molecular weight is 174 g/mol. The zero-order valence-electron chi connectivity index (χ0n) is 6.84. The highest BCUT2D eigenvalue weighted by Crippen LogP contribution is 2.25. The fourth-order valence-electron chi connectivity index (χ4n) is 0.983. The lowest BCUT2D eigenvalue weighted by atomic mass is 10.1. The summed E-state index contributed by atoms with van der Waals surface area (Å²) in [4.78, 5) is 0. The largest absolute Gasteiger partial charge is 0.396 e. The summed E-state index contributed by atoms with van der Waals surface area (Å²) in [5.41, 5.74) is 0. The maximum absolute atomic E-state index is 5.09. The molecule has 11 heavy (non-hydrogen) atoms. The number of hydrogen-bond acceptors (Lipinski definition) is 3. The predicted octanol–water partition coefficient (Wildman–Crippen LogP) is 3.41. The van der Waals surface area contributed by atoms with Crippen LogP contribution in [0.1, 0.15) is 39.0 Å². The Balaban J connectivity index is 1.94. The molecule has 1 heterocycles. The van der Waals surface area contributed by atoms with Crippen LogP contribution < -0.4 is 0 Å². The molecular formula is C8H14O2S. The average Bonchev–Trinajstić information content (AvgIpc) is 2.50. The smallest absolute Gasteiger partial charge is 0.292 e. The van der Waals surface area contributed by atoms with Crippen molar-refractivity contribution in [3.8, 4) is 0 Å². The zero-order valence-corrected chi connectivity index (χ0v) is 7.65. The van der Waals surface area contributed by atoms with E-state index in [1.807, 2.05) is 0 Å². The lowest BCUT2D eigenvalue weighted by Crippen LogP contribution is -1.81. The van der Waals surface area contributed by atoms with E-state index in [0.717, 1.165) is 24.5 Å². The number of hydrogen-bond donors (Lipinski definition) is 0. The van der Waals surface area contributed by atoms with Crippen molar-refractivity contribution < 1.29 is 8.37 Å². The molecule has 0 unspecified atom stereocenters. The second-order valence-corrected chi connectivity index (χ2v) is 3.14. The van der Waals surface area contributed by atoms with Gasteiger partial charge in [-0.2, -0.15) is 0 Å². The maximum Gasteiger partial charge on any atom is 0.292 e. The Bertz CT molecular complexity index is 134. The third-order valence-corrected chi connectivity index (χ3v) is 2.09. The highest BCUT2D eigenvalue weighted by Gasteiger charge is 2.07. The van der Waals surface area contributed by atoms with Crippen LogP contribution in [0.3, 0.4) is 0 Å². The van der Waals surface area contributed by atoms with Crippen LogP contribution in [0.15, 0.2) is 12.0 Å². The molecule has 0 fully saturated rings. The molecule has 0 saturated heterocycles. The van der Waals surface area contributed by atoms with E-state index >= 15 is 0 Å². The van der Waals surface area contributed by atoms with Crippen molar-refractivity contribution in [2.45, 2.75) is 39.0 Å². The van der Waals surface area contributed by atoms with Crippen LogP contribution in [-0.2, 0) is 8.37 Å². The second-order valence-electron chi connectivity index (χ2n) is 2.64. The summed E-state index contributed by atoms with van der Waals surface area (Å²) in [6.07, 6.45) is 7.82. The molecule has 0 aromatic heterocycles. The van der Waals surface area contributed by atoms with Gasteiger partial charge in [0.1, 0.15) is 6.26 Å². The fourth-order valence-corrected chi connectivity index (χ4v) is 1.38. The molecule has 0 spiro atoms. The lowest BCUT2D eigenvalue weighted by molar-refractivity contribution is 0.462. The lowest BCUT2D eigenvalue weighted by Gasteiger charge is -1.97. The molecule has 0 N–H and O–H groups in total. The summed E-state index contributed by atoms with van der Waals surface area (Å²) in [5.74, 6) is 0.978. The predicted molar refractivity (Wildman–Crippen MR) is 46.6 cm³/mol. The maximum atomic E-state index is 5.09. The molecule has 0 saturated carbocycles. The Morgan fingerprint density at radius 1 is 1.36 bits per heavy atom. The molecule has 0 aromatic carbocycles. The van der Waals surface area contributed by atoms with Crippen LogP contribution in [0.4, 0.5) is 0 Å². The highest BCUT2D eigenvalue weighted by atomic mass is 32.2. The Kier molecular flexibility index (Phi) is 4.28. The Labute approximate surface area is 72.4 Å². The molecule has 3 heteroatoms. The second kappa shape index (κ2) is 5.35. The van der Waals surface area contributed by atoms with E-state index in [0.29, 0.717) is 0 Å². The van der Waals surface area contributed by atoms with Crippen molar-refractivity contribution in [2.75, 3.05) is 0 Å². The molecule has 64 valence electrons. The van der Waals surface area contributed by atoms with Gasteiger partial charge in [0.2, 0.25) is 0 Å². The molecule has 0 bridgehead atoms. The standard InChI is InChI=1S/C8H14O2S/c1-2-3-4-5-6-8-7-9-11-10-8/h7H,2-6H2,1H3. The van der Waals surface area contributed by atoms with Crippen LogP contribution in [0.2, 0.25) is 0 Å². The molecule has 1 aliphatic rings. The minimum Gasteiger partial charge on any atom is -0.396 e. The first-order chi connectivity index (χ1) is 5.43. The van der Waals surface area contributed by atoms with Crippen molar-refractivity contribution in [3.63, 3.8) is 0 Å². The van der Waals surface area contributed by atoms with E-state index in [1.165, 1.54) is 25.7 Å². The van der Waals surface area contributed by atoms with E-state index < -0.39 is 0 Å². The SMILES string of the molecule is CCCCCCC1=COSO1. The quantitative estimate of drug-likeness (QED) is 0.470. The van der Waals surface area contributed by atoms with Crippen molar-refractivity contribution in [1.29, 1.82) is 0 Å². The van der Waals surface area contributed by atoms with Gasteiger partial charge in [0.15, 0.2) is 5.76 Å². The van der Waals surface area contributed by atoms with Gasteiger partial charge in [-0.3, -0.25) is 0 Å². The topological polar surface area (TPSA) is 18.5 Å². The van der Waals surface area contributed by atoms with Crippen LogP contribution in [0.5, 0.6) is 0 Å². The van der Waals surface area contributed by atoms with E-state index in [2.05, 4.69) is 6.92 Å². The molecule has 1 aliphatic heterocycles.